The van der Waals surface area contributed by atoms with Gasteiger partial charge in [-0.2, -0.15) is 5.26 Å². The lowest BCUT2D eigenvalue weighted by molar-refractivity contribution is 0.440. The lowest BCUT2D eigenvalue weighted by atomic mass is 10.1. The van der Waals surface area contributed by atoms with E-state index in [0.29, 0.717) is 16.9 Å². The van der Waals surface area contributed by atoms with Crippen LogP contribution in [0.15, 0.2) is 42.5 Å². The van der Waals surface area contributed by atoms with Crippen LogP contribution in [-0.4, -0.2) is 0 Å². The summed E-state index contributed by atoms with van der Waals surface area (Å²) in [6.07, 6.45) is 0. The zero-order valence-corrected chi connectivity index (χ0v) is 10.4. The molecule has 0 aromatic heterocycles. The third-order valence-electron chi connectivity index (χ3n) is 2.71. The van der Waals surface area contributed by atoms with Crippen molar-refractivity contribution in [2.24, 2.45) is 5.73 Å². The second kappa shape index (κ2) is 5.51. The van der Waals surface area contributed by atoms with Crippen LogP contribution in [0.1, 0.15) is 24.1 Å². The predicted octanol–water partition coefficient (Wildman–Crippen LogP) is 3.51. The minimum absolute atomic E-state index is 0.0760. The highest BCUT2D eigenvalue weighted by Crippen LogP contribution is 2.28. The van der Waals surface area contributed by atoms with Gasteiger partial charge < -0.3 is 10.5 Å². The number of rotatable bonds is 3. The monoisotopic (exact) mass is 256 g/mol. The third-order valence-corrected chi connectivity index (χ3v) is 2.71. The van der Waals surface area contributed by atoms with Crippen LogP contribution in [0.2, 0.25) is 0 Å². The summed E-state index contributed by atoms with van der Waals surface area (Å²) in [7, 11) is 0. The van der Waals surface area contributed by atoms with Crippen LogP contribution in [0, 0.1) is 17.1 Å². The Morgan fingerprint density at radius 1 is 1.21 bits per heavy atom. The molecule has 0 radical (unpaired) electrons. The van der Waals surface area contributed by atoms with Crippen molar-refractivity contribution in [1.82, 2.24) is 0 Å². The minimum Gasteiger partial charge on any atom is -0.453 e. The van der Waals surface area contributed by atoms with Gasteiger partial charge in [-0.05, 0) is 36.8 Å². The first kappa shape index (κ1) is 13.1. The number of halogens is 1. The van der Waals surface area contributed by atoms with Gasteiger partial charge in [0.1, 0.15) is 11.8 Å². The Morgan fingerprint density at radius 3 is 2.58 bits per heavy atom. The predicted molar refractivity (Wildman–Crippen MR) is 70.2 cm³/mol. The highest BCUT2D eigenvalue weighted by molar-refractivity contribution is 5.45. The molecule has 2 aromatic rings. The van der Waals surface area contributed by atoms with Crippen LogP contribution >= 0.6 is 0 Å². The molecule has 2 rings (SSSR count). The van der Waals surface area contributed by atoms with Gasteiger partial charge >= 0.3 is 0 Å². The molecule has 0 amide bonds. The lowest BCUT2D eigenvalue weighted by Crippen LogP contribution is -2.05. The second-order valence-electron chi connectivity index (χ2n) is 4.19. The van der Waals surface area contributed by atoms with Gasteiger partial charge in [0.05, 0.1) is 5.56 Å². The molecule has 0 saturated heterocycles. The van der Waals surface area contributed by atoms with Gasteiger partial charge in [0.2, 0.25) is 0 Å². The van der Waals surface area contributed by atoms with E-state index < -0.39 is 5.82 Å². The zero-order chi connectivity index (χ0) is 13.8. The molecular formula is C15H13FN2O. The smallest absolute Gasteiger partial charge is 0.166 e. The molecule has 0 heterocycles. The molecule has 19 heavy (non-hydrogen) atoms. The largest absolute Gasteiger partial charge is 0.453 e. The fourth-order valence-electron chi connectivity index (χ4n) is 1.65. The highest BCUT2D eigenvalue weighted by atomic mass is 19.1. The maximum Gasteiger partial charge on any atom is 0.166 e. The average molecular weight is 256 g/mol. The third kappa shape index (κ3) is 2.90. The van der Waals surface area contributed by atoms with Gasteiger partial charge in [0.15, 0.2) is 11.6 Å². The van der Waals surface area contributed by atoms with Gasteiger partial charge in [-0.3, -0.25) is 0 Å². The molecule has 0 aliphatic rings. The highest BCUT2D eigenvalue weighted by Gasteiger charge is 2.10. The minimum atomic E-state index is -0.498. The van der Waals surface area contributed by atoms with Crippen LogP contribution in [0.4, 0.5) is 4.39 Å². The Morgan fingerprint density at radius 2 is 1.95 bits per heavy atom. The molecule has 0 unspecified atom stereocenters. The van der Waals surface area contributed by atoms with Gasteiger partial charge in [-0.25, -0.2) is 4.39 Å². The zero-order valence-electron chi connectivity index (χ0n) is 10.4. The number of hydrogen-bond acceptors (Lipinski definition) is 3. The van der Waals surface area contributed by atoms with E-state index in [1.807, 2.05) is 6.07 Å². The number of nitrogens with two attached hydrogens (primary N) is 1. The first-order chi connectivity index (χ1) is 9.11. The maximum atomic E-state index is 13.9. The fraction of sp³-hybridized carbons (Fsp3) is 0.133. The molecular weight excluding hydrogens is 243 g/mol. The standard InChI is InChI=1S/C15H13FN2O/c1-10(18)11-6-7-15(13(16)8-11)19-14-5-3-2-4-12(14)9-17/h2-8,10H,18H2,1H3/t10-/m1/s1. The molecule has 4 heteroatoms. The number of hydrogen-bond donors (Lipinski definition) is 1. The van der Waals surface area contributed by atoms with Crippen LogP contribution in [0.3, 0.4) is 0 Å². The number of nitriles is 1. The first-order valence-corrected chi connectivity index (χ1v) is 5.84. The van der Waals surface area contributed by atoms with Crippen LogP contribution in [-0.2, 0) is 0 Å². The van der Waals surface area contributed by atoms with E-state index >= 15 is 0 Å². The normalized spacial score (nSPS) is 11.7. The fourth-order valence-corrected chi connectivity index (χ4v) is 1.65. The maximum absolute atomic E-state index is 13.9. The van der Waals surface area contributed by atoms with Crippen LogP contribution < -0.4 is 10.5 Å². The van der Waals surface area contributed by atoms with Crippen LogP contribution in [0.25, 0.3) is 0 Å². The Hall–Kier alpha value is -2.38. The Bertz CT molecular complexity index is 632. The molecule has 0 aliphatic carbocycles. The van der Waals surface area contributed by atoms with E-state index in [2.05, 4.69) is 0 Å². The number of nitrogens with zero attached hydrogens (tertiary/aromatic N) is 1. The van der Waals surface area contributed by atoms with E-state index in [1.165, 1.54) is 12.1 Å². The molecule has 96 valence electrons. The number of para-hydroxylation sites is 1. The van der Waals surface area contributed by atoms with Gasteiger partial charge in [0.25, 0.3) is 0 Å². The molecule has 0 aliphatic heterocycles. The van der Waals surface area contributed by atoms with Crippen LogP contribution in [0.5, 0.6) is 11.5 Å². The van der Waals surface area contributed by atoms with Crippen molar-refractivity contribution in [3.63, 3.8) is 0 Å². The topological polar surface area (TPSA) is 59.0 Å². The van der Waals surface area contributed by atoms with Crippen molar-refractivity contribution in [1.29, 1.82) is 5.26 Å². The summed E-state index contributed by atoms with van der Waals surface area (Å²) in [5, 5.41) is 8.94. The summed E-state index contributed by atoms with van der Waals surface area (Å²) in [6, 6.07) is 13.0. The van der Waals surface area contributed by atoms with E-state index in [-0.39, 0.29) is 11.8 Å². The van der Waals surface area contributed by atoms with Crippen molar-refractivity contribution < 1.29 is 9.13 Å². The van der Waals surface area contributed by atoms with Gasteiger partial charge in [-0.15, -0.1) is 0 Å². The van der Waals surface area contributed by atoms with Crippen molar-refractivity contribution in [2.75, 3.05) is 0 Å². The molecule has 3 nitrogen and oxygen atoms in total. The van der Waals surface area contributed by atoms with Crippen molar-refractivity contribution in [2.45, 2.75) is 13.0 Å². The van der Waals surface area contributed by atoms with Crippen molar-refractivity contribution in [3.05, 3.63) is 59.4 Å². The van der Waals surface area contributed by atoms with E-state index in [4.69, 9.17) is 15.7 Å². The summed E-state index contributed by atoms with van der Waals surface area (Å²) in [5.74, 6) is -0.0907. The first-order valence-electron chi connectivity index (χ1n) is 5.84. The number of benzene rings is 2. The average Bonchev–Trinajstić information content (AvgIpc) is 2.41. The summed E-state index contributed by atoms with van der Waals surface area (Å²) >= 11 is 0. The summed E-state index contributed by atoms with van der Waals surface area (Å²) in [6.45, 7) is 1.78. The lowest BCUT2D eigenvalue weighted by Gasteiger charge is -2.10. The Balaban J connectivity index is 2.32. The van der Waals surface area contributed by atoms with Crippen molar-refractivity contribution in [3.8, 4) is 17.6 Å². The SMILES string of the molecule is C[C@@H](N)c1ccc(Oc2ccccc2C#N)c(F)c1. The van der Waals surface area contributed by atoms with Gasteiger partial charge in [0, 0.05) is 6.04 Å². The quantitative estimate of drug-likeness (QED) is 0.914. The van der Waals surface area contributed by atoms with E-state index in [0.717, 1.165) is 0 Å². The molecule has 0 saturated carbocycles. The summed E-state index contributed by atoms with van der Waals surface area (Å²) < 4.78 is 19.3. The molecule has 2 aromatic carbocycles. The molecule has 0 spiro atoms. The summed E-state index contributed by atoms with van der Waals surface area (Å²) in [4.78, 5) is 0. The van der Waals surface area contributed by atoms with Gasteiger partial charge in [-0.1, -0.05) is 18.2 Å². The summed E-state index contributed by atoms with van der Waals surface area (Å²) in [5.41, 5.74) is 6.73. The van der Waals surface area contributed by atoms with E-state index in [1.54, 1.807) is 37.3 Å². The molecule has 0 bridgehead atoms. The molecule has 0 fully saturated rings. The number of ether oxygens (including phenoxy) is 1. The molecule has 2 N–H and O–H groups in total. The second-order valence-corrected chi connectivity index (χ2v) is 4.19. The Kier molecular flexibility index (Phi) is 3.79. The Labute approximate surface area is 111 Å². The van der Waals surface area contributed by atoms with Crippen molar-refractivity contribution >= 4 is 0 Å². The molecule has 1 atom stereocenters. The van der Waals surface area contributed by atoms with E-state index in [9.17, 15) is 4.39 Å².